The van der Waals surface area contributed by atoms with Crippen LogP contribution in [0.1, 0.15) is 5.89 Å². The number of benzene rings is 1. The molecule has 0 aliphatic rings. The van der Waals surface area contributed by atoms with Gasteiger partial charge in [0.1, 0.15) is 11.5 Å². The third-order valence-electron chi connectivity index (χ3n) is 2.79. The molecule has 0 N–H and O–H groups in total. The second kappa shape index (κ2) is 4.65. The highest BCUT2D eigenvalue weighted by atomic mass is 19.1. The largest absolute Gasteiger partial charge is 0.440 e. The number of aryl methyl sites for hydroxylation is 1. The van der Waals surface area contributed by atoms with Crippen molar-refractivity contribution in [3.63, 3.8) is 0 Å². The molecule has 0 bridgehead atoms. The Labute approximate surface area is 109 Å². The molecule has 1 aromatic carbocycles. The van der Waals surface area contributed by atoms with Gasteiger partial charge in [-0.25, -0.2) is 9.37 Å². The molecular weight excluding hydrogens is 243 g/mol. The maximum absolute atomic E-state index is 13.0. The van der Waals surface area contributed by atoms with Crippen molar-refractivity contribution < 1.29 is 8.81 Å². The predicted octanol–water partition coefficient (Wildman–Crippen LogP) is 3.85. The maximum atomic E-state index is 13.0. The first-order valence-corrected chi connectivity index (χ1v) is 5.88. The van der Waals surface area contributed by atoms with Crippen LogP contribution in [0.5, 0.6) is 0 Å². The third-order valence-corrected chi connectivity index (χ3v) is 2.79. The molecule has 0 spiro atoms. The lowest BCUT2D eigenvalue weighted by atomic mass is 10.1. The summed E-state index contributed by atoms with van der Waals surface area (Å²) in [6.07, 6.45) is 3.39. The van der Waals surface area contributed by atoms with Crippen LogP contribution in [-0.4, -0.2) is 9.97 Å². The molecule has 2 heterocycles. The van der Waals surface area contributed by atoms with E-state index in [9.17, 15) is 4.39 Å². The lowest BCUT2D eigenvalue weighted by Gasteiger charge is -2.01. The van der Waals surface area contributed by atoms with Crippen molar-refractivity contribution in [1.82, 2.24) is 9.97 Å². The zero-order valence-electron chi connectivity index (χ0n) is 10.3. The average molecular weight is 254 g/mol. The van der Waals surface area contributed by atoms with E-state index in [1.807, 2.05) is 12.1 Å². The fourth-order valence-corrected chi connectivity index (χ4v) is 1.93. The normalized spacial score (nSPS) is 10.6. The molecule has 0 amide bonds. The summed E-state index contributed by atoms with van der Waals surface area (Å²) in [4.78, 5) is 8.36. The Hall–Kier alpha value is -2.49. The van der Waals surface area contributed by atoms with Crippen LogP contribution < -0.4 is 0 Å². The number of rotatable bonds is 2. The van der Waals surface area contributed by atoms with E-state index < -0.39 is 0 Å². The second-order valence-electron chi connectivity index (χ2n) is 4.15. The van der Waals surface area contributed by atoms with E-state index in [-0.39, 0.29) is 5.82 Å². The number of hydrogen-bond donors (Lipinski definition) is 0. The van der Waals surface area contributed by atoms with Gasteiger partial charge in [-0.05, 0) is 36.4 Å². The topological polar surface area (TPSA) is 38.9 Å². The van der Waals surface area contributed by atoms with Crippen LogP contribution >= 0.6 is 0 Å². The molecule has 4 heteroatoms. The molecule has 0 unspecified atom stereocenters. The third kappa shape index (κ3) is 2.25. The van der Waals surface area contributed by atoms with Crippen molar-refractivity contribution in [2.75, 3.05) is 0 Å². The van der Waals surface area contributed by atoms with Crippen molar-refractivity contribution >= 4 is 0 Å². The molecule has 0 aliphatic heterocycles. The first-order chi connectivity index (χ1) is 9.24. The van der Waals surface area contributed by atoms with E-state index in [0.29, 0.717) is 17.3 Å². The fourth-order valence-electron chi connectivity index (χ4n) is 1.93. The molecule has 2 aromatic heterocycles. The van der Waals surface area contributed by atoms with Crippen molar-refractivity contribution in [3.8, 4) is 22.6 Å². The first-order valence-electron chi connectivity index (χ1n) is 5.88. The number of halogens is 1. The van der Waals surface area contributed by atoms with Crippen LogP contribution in [0.2, 0.25) is 0 Å². The maximum Gasteiger partial charge on any atom is 0.192 e. The van der Waals surface area contributed by atoms with E-state index in [1.165, 1.54) is 12.1 Å². The highest BCUT2D eigenvalue weighted by Crippen LogP contribution is 2.32. The van der Waals surface area contributed by atoms with Gasteiger partial charge in [0, 0.05) is 30.4 Å². The van der Waals surface area contributed by atoms with Gasteiger partial charge in [-0.1, -0.05) is 0 Å². The Morgan fingerprint density at radius 2 is 1.63 bits per heavy atom. The van der Waals surface area contributed by atoms with Gasteiger partial charge in [-0.15, -0.1) is 0 Å². The van der Waals surface area contributed by atoms with E-state index in [4.69, 9.17) is 4.42 Å². The summed E-state index contributed by atoms with van der Waals surface area (Å²) in [5.41, 5.74) is 2.43. The number of pyridine rings is 1. The highest BCUT2D eigenvalue weighted by Gasteiger charge is 2.14. The minimum Gasteiger partial charge on any atom is -0.440 e. The Morgan fingerprint density at radius 3 is 2.32 bits per heavy atom. The molecule has 0 saturated carbocycles. The van der Waals surface area contributed by atoms with Gasteiger partial charge in [0.2, 0.25) is 0 Å². The smallest absolute Gasteiger partial charge is 0.192 e. The standard InChI is InChI=1S/C15H11FN2O/c1-10-18-14(11-2-4-13(16)5-3-11)15(19-10)12-6-8-17-9-7-12/h2-9H,1H3. The SMILES string of the molecule is Cc1nc(-c2ccc(F)cc2)c(-c2ccncc2)o1. The zero-order valence-corrected chi connectivity index (χ0v) is 10.3. The van der Waals surface area contributed by atoms with Crippen LogP contribution in [-0.2, 0) is 0 Å². The number of oxazole rings is 1. The lowest BCUT2D eigenvalue weighted by Crippen LogP contribution is -1.83. The van der Waals surface area contributed by atoms with Gasteiger partial charge >= 0.3 is 0 Å². The van der Waals surface area contributed by atoms with E-state index in [1.54, 1.807) is 31.5 Å². The van der Waals surface area contributed by atoms with Gasteiger partial charge in [-0.3, -0.25) is 4.98 Å². The molecule has 0 fully saturated rings. The van der Waals surface area contributed by atoms with Gasteiger partial charge < -0.3 is 4.42 Å². The van der Waals surface area contributed by atoms with Crippen LogP contribution in [0.25, 0.3) is 22.6 Å². The molecular formula is C15H11FN2O. The quantitative estimate of drug-likeness (QED) is 0.697. The van der Waals surface area contributed by atoms with E-state index in [2.05, 4.69) is 9.97 Å². The summed E-state index contributed by atoms with van der Waals surface area (Å²) in [7, 11) is 0. The van der Waals surface area contributed by atoms with Crippen LogP contribution in [0.15, 0.2) is 53.2 Å². The molecule has 3 nitrogen and oxygen atoms in total. The molecule has 94 valence electrons. The minimum atomic E-state index is -0.269. The molecule has 3 rings (SSSR count). The summed E-state index contributed by atoms with van der Waals surface area (Å²) >= 11 is 0. The molecule has 0 radical (unpaired) electrons. The predicted molar refractivity (Wildman–Crippen MR) is 69.9 cm³/mol. The Bertz CT molecular complexity index is 690. The van der Waals surface area contributed by atoms with Crippen LogP contribution in [0, 0.1) is 12.7 Å². The Balaban J connectivity index is 2.15. The molecule has 3 aromatic rings. The Morgan fingerprint density at radius 1 is 0.947 bits per heavy atom. The summed E-state index contributed by atoms with van der Waals surface area (Å²) in [5.74, 6) is 0.979. The zero-order chi connectivity index (χ0) is 13.2. The Kier molecular flexibility index (Phi) is 2.83. The number of aromatic nitrogens is 2. The van der Waals surface area contributed by atoms with Gasteiger partial charge in [0.25, 0.3) is 0 Å². The van der Waals surface area contributed by atoms with Crippen molar-refractivity contribution in [2.45, 2.75) is 6.92 Å². The first kappa shape index (κ1) is 11.6. The summed E-state index contributed by atoms with van der Waals surface area (Å²) in [5, 5.41) is 0. The van der Waals surface area contributed by atoms with Gasteiger partial charge in [-0.2, -0.15) is 0 Å². The summed E-state index contributed by atoms with van der Waals surface area (Å²) < 4.78 is 18.6. The molecule has 0 aliphatic carbocycles. The summed E-state index contributed by atoms with van der Waals surface area (Å²) in [6, 6.07) is 9.92. The highest BCUT2D eigenvalue weighted by molar-refractivity contribution is 5.76. The summed E-state index contributed by atoms with van der Waals surface area (Å²) in [6.45, 7) is 1.79. The van der Waals surface area contributed by atoms with Crippen LogP contribution in [0.3, 0.4) is 0 Å². The van der Waals surface area contributed by atoms with E-state index in [0.717, 1.165) is 11.1 Å². The van der Waals surface area contributed by atoms with Crippen molar-refractivity contribution in [2.24, 2.45) is 0 Å². The number of hydrogen-bond acceptors (Lipinski definition) is 3. The van der Waals surface area contributed by atoms with Gasteiger partial charge in [0.05, 0.1) is 0 Å². The lowest BCUT2D eigenvalue weighted by molar-refractivity contribution is 0.534. The van der Waals surface area contributed by atoms with Gasteiger partial charge in [0.15, 0.2) is 11.7 Å². The van der Waals surface area contributed by atoms with Crippen molar-refractivity contribution in [3.05, 3.63) is 60.5 Å². The fraction of sp³-hybridized carbons (Fsp3) is 0.0667. The monoisotopic (exact) mass is 254 g/mol. The van der Waals surface area contributed by atoms with Crippen LogP contribution in [0.4, 0.5) is 4.39 Å². The number of nitrogens with zero attached hydrogens (tertiary/aromatic N) is 2. The molecule has 19 heavy (non-hydrogen) atoms. The molecule has 0 atom stereocenters. The molecule has 0 saturated heterocycles. The second-order valence-corrected chi connectivity index (χ2v) is 4.15. The average Bonchev–Trinajstić information content (AvgIpc) is 2.83. The van der Waals surface area contributed by atoms with E-state index >= 15 is 0 Å². The van der Waals surface area contributed by atoms with Crippen molar-refractivity contribution in [1.29, 1.82) is 0 Å². The minimum absolute atomic E-state index is 0.269.